The Balaban J connectivity index is 3.03. The van der Waals surface area contributed by atoms with Crippen molar-refractivity contribution < 1.29 is 19.4 Å². The van der Waals surface area contributed by atoms with Crippen LogP contribution in [0.4, 0.5) is 0 Å². The predicted molar refractivity (Wildman–Crippen MR) is 95.4 cm³/mol. The molecule has 0 spiro atoms. The van der Waals surface area contributed by atoms with Gasteiger partial charge < -0.3 is 14.6 Å². The van der Waals surface area contributed by atoms with Gasteiger partial charge >= 0.3 is 5.97 Å². The molecular weight excluding hydrogens is 395 g/mol. The van der Waals surface area contributed by atoms with Crippen molar-refractivity contribution in [3.63, 3.8) is 0 Å². The predicted octanol–water partition coefficient (Wildman–Crippen LogP) is 4.34. The van der Waals surface area contributed by atoms with Crippen molar-refractivity contribution in [3.05, 3.63) is 51.8 Å². The number of hydrogen-bond donors (Lipinski definition) is 1. The molecule has 0 atom stereocenters. The number of benzene rings is 1. The van der Waals surface area contributed by atoms with Crippen molar-refractivity contribution in [2.24, 2.45) is 0 Å². The summed E-state index contributed by atoms with van der Waals surface area (Å²) in [6.07, 6.45) is 1.69. The lowest BCUT2D eigenvalue weighted by Crippen LogP contribution is -2.32. The third-order valence-electron chi connectivity index (χ3n) is 2.95. The van der Waals surface area contributed by atoms with Crippen molar-refractivity contribution in [2.45, 2.75) is 32.8 Å². The van der Waals surface area contributed by atoms with Crippen LogP contribution in [0.5, 0.6) is 5.75 Å². The van der Waals surface area contributed by atoms with E-state index in [9.17, 15) is 9.90 Å². The number of aliphatic hydroxyl groups is 1. The lowest BCUT2D eigenvalue weighted by Gasteiger charge is -2.27. The number of allylic oxidation sites excluding steroid dienone is 2. The van der Waals surface area contributed by atoms with Crippen LogP contribution in [0.2, 0.25) is 0 Å². The number of rotatable bonds is 7. The van der Waals surface area contributed by atoms with Gasteiger partial charge in [-0.15, -0.1) is 0 Å². The van der Waals surface area contributed by atoms with E-state index in [1.54, 1.807) is 32.9 Å². The molecule has 1 rings (SSSR count). The molecule has 22 heavy (non-hydrogen) atoms. The standard InChI is InChI=1S/C17H21IO4/c1-5-13(18)16(20)17(3,4)22-14-10-8-7-9-12(14)11-15(19)21-6-2/h5,7-10,20H,1,6,11H2,2-4H3/b16-13-. The van der Waals surface area contributed by atoms with E-state index in [2.05, 4.69) is 6.58 Å². The molecule has 1 N–H and O–H groups in total. The molecule has 0 bridgehead atoms. The molecule has 4 nitrogen and oxygen atoms in total. The summed E-state index contributed by atoms with van der Waals surface area (Å²) in [7, 11) is 0. The molecule has 0 radical (unpaired) electrons. The molecule has 0 fully saturated rings. The third kappa shape index (κ3) is 5.05. The van der Waals surface area contributed by atoms with Gasteiger partial charge in [0.05, 0.1) is 16.6 Å². The van der Waals surface area contributed by atoms with Gasteiger partial charge in [-0.3, -0.25) is 4.79 Å². The molecule has 0 aliphatic heterocycles. The van der Waals surface area contributed by atoms with Crippen LogP contribution in [0.15, 0.2) is 46.3 Å². The average Bonchev–Trinajstić information content (AvgIpc) is 2.47. The monoisotopic (exact) mass is 416 g/mol. The summed E-state index contributed by atoms with van der Waals surface area (Å²) in [4.78, 5) is 11.7. The largest absolute Gasteiger partial charge is 0.507 e. The summed E-state index contributed by atoms with van der Waals surface area (Å²) in [6, 6.07) is 7.23. The van der Waals surface area contributed by atoms with E-state index >= 15 is 0 Å². The minimum Gasteiger partial charge on any atom is -0.507 e. The SMILES string of the molecule is C=C/C(I)=C(/O)C(C)(C)Oc1ccccc1CC(=O)OCC. The van der Waals surface area contributed by atoms with Crippen molar-refractivity contribution in [3.8, 4) is 5.75 Å². The van der Waals surface area contributed by atoms with E-state index in [1.807, 2.05) is 40.8 Å². The van der Waals surface area contributed by atoms with Gasteiger partial charge in [-0.2, -0.15) is 0 Å². The number of para-hydroxylation sites is 1. The normalized spacial score (nSPS) is 12.4. The third-order valence-corrected chi connectivity index (χ3v) is 3.90. The second-order valence-corrected chi connectivity index (χ2v) is 6.26. The van der Waals surface area contributed by atoms with E-state index in [1.165, 1.54) is 0 Å². The highest BCUT2D eigenvalue weighted by Crippen LogP contribution is 2.30. The van der Waals surface area contributed by atoms with Crippen molar-refractivity contribution in [2.75, 3.05) is 6.61 Å². The number of esters is 1. The fraction of sp³-hybridized carbons (Fsp3) is 0.353. The molecule has 0 amide bonds. The zero-order chi connectivity index (χ0) is 16.8. The molecule has 0 aromatic heterocycles. The molecule has 1 aromatic rings. The maximum absolute atomic E-state index is 11.7. The summed E-state index contributed by atoms with van der Waals surface area (Å²) in [5, 5.41) is 10.2. The molecule has 0 aliphatic carbocycles. The van der Waals surface area contributed by atoms with Gasteiger partial charge in [0.2, 0.25) is 0 Å². The summed E-state index contributed by atoms with van der Waals surface area (Å²) < 4.78 is 11.5. The maximum atomic E-state index is 11.7. The Kier molecular flexibility index (Phi) is 6.93. The van der Waals surface area contributed by atoms with Crippen molar-refractivity contribution in [1.82, 2.24) is 0 Å². The minimum atomic E-state index is -0.935. The van der Waals surface area contributed by atoms with Gasteiger partial charge in [0.25, 0.3) is 0 Å². The van der Waals surface area contributed by atoms with E-state index in [4.69, 9.17) is 9.47 Å². The first-order valence-corrected chi connectivity index (χ1v) is 8.03. The lowest BCUT2D eigenvalue weighted by molar-refractivity contribution is -0.142. The highest BCUT2D eigenvalue weighted by molar-refractivity contribution is 14.1. The fourth-order valence-corrected chi connectivity index (χ4v) is 2.47. The van der Waals surface area contributed by atoms with Crippen LogP contribution in [0.1, 0.15) is 26.3 Å². The van der Waals surface area contributed by atoms with Crippen LogP contribution in [-0.4, -0.2) is 23.3 Å². The molecule has 0 heterocycles. The van der Waals surface area contributed by atoms with E-state index in [0.29, 0.717) is 15.9 Å². The zero-order valence-corrected chi connectivity index (χ0v) is 15.2. The van der Waals surface area contributed by atoms with Crippen LogP contribution in [-0.2, 0) is 16.0 Å². The quantitative estimate of drug-likeness (QED) is 0.311. The Hall–Kier alpha value is -1.50. The van der Waals surface area contributed by atoms with Crippen LogP contribution < -0.4 is 4.74 Å². The number of ether oxygens (including phenoxy) is 2. The maximum Gasteiger partial charge on any atom is 0.310 e. The van der Waals surface area contributed by atoms with Gasteiger partial charge in [-0.05, 0) is 49.4 Å². The Labute approximate surface area is 145 Å². The summed E-state index contributed by atoms with van der Waals surface area (Å²) >= 11 is 2.00. The first-order valence-electron chi connectivity index (χ1n) is 6.96. The minimum absolute atomic E-state index is 0.0917. The molecule has 0 saturated heterocycles. The summed E-state index contributed by atoms with van der Waals surface area (Å²) in [5.41, 5.74) is -0.217. The van der Waals surface area contributed by atoms with Gasteiger partial charge in [-0.25, -0.2) is 0 Å². The molecule has 5 heteroatoms. The number of carbonyl (C=O) groups is 1. The summed E-state index contributed by atoms with van der Waals surface area (Å²) in [6.45, 7) is 9.26. The van der Waals surface area contributed by atoms with Crippen LogP contribution in [0, 0.1) is 0 Å². The van der Waals surface area contributed by atoms with Crippen LogP contribution >= 0.6 is 22.6 Å². The van der Waals surface area contributed by atoms with Crippen LogP contribution in [0.3, 0.4) is 0 Å². The second-order valence-electron chi connectivity index (χ2n) is 5.10. The van der Waals surface area contributed by atoms with Crippen molar-refractivity contribution >= 4 is 28.6 Å². The Morgan fingerprint density at radius 3 is 2.64 bits per heavy atom. The molecule has 0 saturated carbocycles. The van der Waals surface area contributed by atoms with Crippen molar-refractivity contribution in [1.29, 1.82) is 0 Å². The Morgan fingerprint density at radius 2 is 2.05 bits per heavy atom. The molecular formula is C17H21IO4. The number of carbonyl (C=O) groups excluding carboxylic acids is 1. The zero-order valence-electron chi connectivity index (χ0n) is 13.1. The first-order chi connectivity index (χ1) is 10.3. The van der Waals surface area contributed by atoms with E-state index in [-0.39, 0.29) is 18.1 Å². The fourth-order valence-electron chi connectivity index (χ4n) is 1.82. The summed E-state index contributed by atoms with van der Waals surface area (Å²) in [5.74, 6) is 0.325. The van der Waals surface area contributed by atoms with E-state index < -0.39 is 5.60 Å². The highest BCUT2D eigenvalue weighted by Gasteiger charge is 2.28. The van der Waals surface area contributed by atoms with Gasteiger partial charge in [0.15, 0.2) is 5.60 Å². The first kappa shape index (κ1) is 18.5. The number of halogens is 1. The Bertz CT molecular complexity index is 576. The van der Waals surface area contributed by atoms with Gasteiger partial charge in [0.1, 0.15) is 11.5 Å². The molecule has 0 aliphatic rings. The Morgan fingerprint density at radius 1 is 1.41 bits per heavy atom. The second kappa shape index (κ2) is 8.22. The number of aliphatic hydroxyl groups excluding tert-OH is 1. The average molecular weight is 416 g/mol. The number of hydrogen-bond acceptors (Lipinski definition) is 4. The lowest BCUT2D eigenvalue weighted by atomic mass is 10.1. The highest BCUT2D eigenvalue weighted by atomic mass is 127. The van der Waals surface area contributed by atoms with Gasteiger partial charge in [-0.1, -0.05) is 30.9 Å². The van der Waals surface area contributed by atoms with Gasteiger partial charge in [0, 0.05) is 5.56 Å². The molecule has 1 aromatic carbocycles. The van der Waals surface area contributed by atoms with Crippen LogP contribution in [0.25, 0.3) is 0 Å². The van der Waals surface area contributed by atoms with E-state index in [0.717, 1.165) is 5.56 Å². The molecule has 120 valence electrons. The molecule has 0 unspecified atom stereocenters. The topological polar surface area (TPSA) is 55.8 Å². The smallest absolute Gasteiger partial charge is 0.310 e.